The molecule has 3 rings (SSSR count). The minimum atomic E-state index is -4.71. The van der Waals surface area contributed by atoms with E-state index in [1.165, 1.54) is 30.3 Å². The zero-order valence-electron chi connectivity index (χ0n) is 17.8. The Balaban J connectivity index is 1.91. The molecular formula is C22H19ClF4N4O2. The van der Waals surface area contributed by atoms with Crippen LogP contribution in [0.4, 0.5) is 17.6 Å². The second kappa shape index (κ2) is 8.93. The third-order valence-corrected chi connectivity index (χ3v) is 5.38. The molecule has 1 heterocycles. The molecule has 3 aromatic rings. The van der Waals surface area contributed by atoms with E-state index >= 15 is 0 Å². The van der Waals surface area contributed by atoms with Crippen LogP contribution in [0.2, 0.25) is 5.02 Å². The molecule has 0 radical (unpaired) electrons. The van der Waals surface area contributed by atoms with Crippen LogP contribution in [0.3, 0.4) is 0 Å². The minimum Gasteiger partial charge on any atom is -0.479 e. The van der Waals surface area contributed by atoms with Crippen LogP contribution < -0.4 is 5.32 Å². The SMILES string of the molecule is Cc1ccc(-c2nc(O)nc(-c3cc(CNC(=O)C(C)(C)C(F)(F)F)ccc3Cl)n2)cc1F. The van der Waals surface area contributed by atoms with Gasteiger partial charge in [-0.25, -0.2) is 9.37 Å². The smallest absolute Gasteiger partial charge is 0.402 e. The van der Waals surface area contributed by atoms with Gasteiger partial charge in [-0.2, -0.15) is 23.1 Å². The van der Waals surface area contributed by atoms with Gasteiger partial charge in [-0.1, -0.05) is 29.8 Å². The van der Waals surface area contributed by atoms with Crippen molar-refractivity contribution >= 4 is 17.5 Å². The number of carbonyl (C=O) groups is 1. The molecule has 0 aliphatic carbocycles. The van der Waals surface area contributed by atoms with Crippen LogP contribution in [0.25, 0.3) is 22.8 Å². The number of aromatic nitrogens is 3. The van der Waals surface area contributed by atoms with Crippen LogP contribution in [0, 0.1) is 18.2 Å². The number of hydrogen-bond acceptors (Lipinski definition) is 5. The summed E-state index contributed by atoms with van der Waals surface area (Å²) >= 11 is 6.24. The summed E-state index contributed by atoms with van der Waals surface area (Å²) in [5, 5.41) is 12.4. The lowest BCUT2D eigenvalue weighted by Crippen LogP contribution is -2.46. The van der Waals surface area contributed by atoms with Crippen molar-refractivity contribution in [2.45, 2.75) is 33.5 Å². The summed E-state index contributed by atoms with van der Waals surface area (Å²) in [5.74, 6) is -1.70. The van der Waals surface area contributed by atoms with Gasteiger partial charge in [0.25, 0.3) is 0 Å². The molecule has 0 unspecified atom stereocenters. The molecule has 33 heavy (non-hydrogen) atoms. The van der Waals surface area contributed by atoms with Crippen LogP contribution >= 0.6 is 11.6 Å². The van der Waals surface area contributed by atoms with Crippen LogP contribution in [-0.4, -0.2) is 32.1 Å². The minimum absolute atomic E-state index is 0.00176. The number of rotatable bonds is 5. The number of carbonyl (C=O) groups excluding carboxylic acids is 1. The number of hydrogen-bond donors (Lipinski definition) is 2. The number of aromatic hydroxyl groups is 1. The van der Waals surface area contributed by atoms with E-state index in [0.29, 0.717) is 16.7 Å². The predicted octanol–water partition coefficient (Wildman–Crippen LogP) is 5.22. The Morgan fingerprint density at radius 3 is 2.36 bits per heavy atom. The van der Waals surface area contributed by atoms with E-state index in [-0.39, 0.29) is 28.8 Å². The van der Waals surface area contributed by atoms with Crippen molar-refractivity contribution in [3.05, 3.63) is 58.4 Å². The summed E-state index contributed by atoms with van der Waals surface area (Å²) in [6, 6.07) is 8.14. The Bertz CT molecular complexity index is 1220. The number of nitrogens with one attached hydrogen (secondary N) is 1. The van der Waals surface area contributed by atoms with Gasteiger partial charge in [0, 0.05) is 17.7 Å². The highest BCUT2D eigenvalue weighted by Crippen LogP contribution is 2.37. The van der Waals surface area contributed by atoms with Crippen LogP contribution in [0.1, 0.15) is 25.0 Å². The van der Waals surface area contributed by atoms with Crippen LogP contribution in [0.15, 0.2) is 36.4 Å². The molecule has 0 fully saturated rings. The molecule has 0 aliphatic heterocycles. The van der Waals surface area contributed by atoms with Crippen LogP contribution in [-0.2, 0) is 11.3 Å². The van der Waals surface area contributed by atoms with Crippen LogP contribution in [0.5, 0.6) is 6.01 Å². The Labute approximate surface area is 191 Å². The van der Waals surface area contributed by atoms with Crippen molar-refractivity contribution in [1.29, 1.82) is 0 Å². The van der Waals surface area contributed by atoms with E-state index in [1.807, 2.05) is 0 Å². The van der Waals surface area contributed by atoms with Gasteiger partial charge < -0.3 is 10.4 Å². The van der Waals surface area contributed by atoms with E-state index < -0.39 is 29.3 Å². The maximum Gasteiger partial charge on any atom is 0.402 e. The molecule has 0 atom stereocenters. The highest BCUT2D eigenvalue weighted by Gasteiger charge is 2.52. The lowest BCUT2D eigenvalue weighted by molar-refractivity contribution is -0.211. The molecule has 2 N–H and O–H groups in total. The van der Waals surface area contributed by atoms with Gasteiger partial charge >= 0.3 is 12.2 Å². The molecule has 11 heteroatoms. The highest BCUT2D eigenvalue weighted by molar-refractivity contribution is 6.33. The number of aryl methyl sites for hydroxylation is 1. The zero-order chi connectivity index (χ0) is 24.6. The quantitative estimate of drug-likeness (QED) is 0.487. The number of amides is 1. The first-order chi connectivity index (χ1) is 15.3. The van der Waals surface area contributed by atoms with Gasteiger partial charge in [-0.3, -0.25) is 4.79 Å². The first-order valence-electron chi connectivity index (χ1n) is 9.65. The van der Waals surface area contributed by atoms with Gasteiger partial charge in [0.15, 0.2) is 11.6 Å². The summed E-state index contributed by atoms with van der Waals surface area (Å²) in [5.41, 5.74) is -1.19. The Kier molecular flexibility index (Phi) is 6.60. The van der Waals surface area contributed by atoms with Gasteiger partial charge in [0.1, 0.15) is 11.2 Å². The maximum atomic E-state index is 14.0. The third kappa shape index (κ3) is 5.22. The molecule has 1 amide bonds. The molecule has 0 aliphatic rings. The molecule has 0 bridgehead atoms. The third-order valence-electron chi connectivity index (χ3n) is 5.05. The number of alkyl halides is 3. The molecule has 174 valence electrons. The molecule has 6 nitrogen and oxygen atoms in total. The van der Waals surface area contributed by atoms with Crippen molar-refractivity contribution in [3.63, 3.8) is 0 Å². The second-order valence-corrected chi connectivity index (χ2v) is 8.27. The first-order valence-corrected chi connectivity index (χ1v) is 10.0. The fraction of sp³-hybridized carbons (Fsp3) is 0.273. The predicted molar refractivity (Wildman–Crippen MR) is 114 cm³/mol. The second-order valence-electron chi connectivity index (χ2n) is 7.87. The average molecular weight is 483 g/mol. The van der Waals surface area contributed by atoms with E-state index in [9.17, 15) is 27.5 Å². The van der Waals surface area contributed by atoms with E-state index in [4.69, 9.17) is 11.6 Å². The summed E-state index contributed by atoms with van der Waals surface area (Å²) in [7, 11) is 0. The Morgan fingerprint density at radius 2 is 1.73 bits per heavy atom. The molecule has 0 spiro atoms. The van der Waals surface area contributed by atoms with E-state index in [1.54, 1.807) is 13.0 Å². The number of halogens is 5. The fourth-order valence-corrected chi connectivity index (χ4v) is 2.93. The number of benzene rings is 2. The van der Waals surface area contributed by atoms with Crippen molar-refractivity contribution in [1.82, 2.24) is 20.3 Å². The molecule has 2 aromatic carbocycles. The first kappa shape index (κ1) is 24.4. The van der Waals surface area contributed by atoms with Gasteiger partial charge in [-0.15, -0.1) is 0 Å². The van der Waals surface area contributed by atoms with Crippen molar-refractivity contribution in [2.75, 3.05) is 0 Å². The molecule has 0 saturated carbocycles. The molecule has 0 saturated heterocycles. The largest absolute Gasteiger partial charge is 0.479 e. The molecular weight excluding hydrogens is 464 g/mol. The fourth-order valence-electron chi connectivity index (χ4n) is 2.73. The highest BCUT2D eigenvalue weighted by atomic mass is 35.5. The topological polar surface area (TPSA) is 88.0 Å². The molecule has 1 aromatic heterocycles. The number of nitrogens with zero attached hydrogens (tertiary/aromatic N) is 3. The zero-order valence-corrected chi connectivity index (χ0v) is 18.5. The Morgan fingerprint density at radius 1 is 1.06 bits per heavy atom. The average Bonchev–Trinajstić information content (AvgIpc) is 2.73. The van der Waals surface area contributed by atoms with Gasteiger partial charge in [0.2, 0.25) is 5.91 Å². The summed E-state index contributed by atoms with van der Waals surface area (Å²) in [6.45, 7) is 2.96. The summed E-state index contributed by atoms with van der Waals surface area (Å²) < 4.78 is 53.1. The normalized spacial score (nSPS) is 12.0. The van der Waals surface area contributed by atoms with Gasteiger partial charge in [-0.05, 0) is 50.1 Å². The van der Waals surface area contributed by atoms with Gasteiger partial charge in [0.05, 0.1) is 5.02 Å². The lowest BCUT2D eigenvalue weighted by atomic mass is 9.91. The summed E-state index contributed by atoms with van der Waals surface area (Å²) in [6.07, 6.45) is -4.71. The Hall–Kier alpha value is -3.27. The van der Waals surface area contributed by atoms with Crippen molar-refractivity contribution in [3.8, 4) is 28.8 Å². The standard InChI is InChI=1S/C22H19ClF4N4O2/c1-11-4-6-13(9-16(11)24)17-29-18(31-20(33)30-17)14-8-12(5-7-15(14)23)10-28-19(32)21(2,3)22(25,26)27/h4-9H,10H2,1-3H3,(H,28,32)(H,29,30,31,33). The van der Waals surface area contributed by atoms with E-state index in [2.05, 4.69) is 20.3 Å². The van der Waals surface area contributed by atoms with Crippen molar-refractivity contribution in [2.24, 2.45) is 5.41 Å². The van der Waals surface area contributed by atoms with E-state index in [0.717, 1.165) is 13.8 Å². The lowest BCUT2D eigenvalue weighted by Gasteiger charge is -2.26. The maximum absolute atomic E-state index is 14.0. The monoisotopic (exact) mass is 482 g/mol. The van der Waals surface area contributed by atoms with Crippen molar-refractivity contribution < 1.29 is 27.5 Å². The summed E-state index contributed by atoms with van der Waals surface area (Å²) in [4.78, 5) is 24.0.